The molecule has 0 aliphatic carbocycles. The number of imidazole rings is 1. The Morgan fingerprint density at radius 3 is 2.62 bits per heavy atom. The van der Waals surface area contributed by atoms with E-state index in [-0.39, 0.29) is 5.91 Å². The summed E-state index contributed by atoms with van der Waals surface area (Å²) in [7, 11) is 0. The van der Waals surface area contributed by atoms with Gasteiger partial charge in [-0.2, -0.15) is 0 Å². The highest BCUT2D eigenvalue weighted by atomic mass is 35.5. The van der Waals surface area contributed by atoms with Gasteiger partial charge in [-0.1, -0.05) is 23.2 Å². The van der Waals surface area contributed by atoms with E-state index < -0.39 is 0 Å². The monoisotopic (exact) mass is 366 g/mol. The summed E-state index contributed by atoms with van der Waals surface area (Å²) in [5, 5.41) is 4.51. The van der Waals surface area contributed by atoms with Gasteiger partial charge >= 0.3 is 0 Å². The van der Waals surface area contributed by atoms with Crippen molar-refractivity contribution in [2.45, 2.75) is 19.3 Å². The Bertz CT molecular complexity index is 761. The molecule has 24 heavy (non-hydrogen) atoms. The molecule has 2 saturated heterocycles. The quantitative estimate of drug-likeness (QED) is 0.888. The molecule has 0 radical (unpaired) electrons. The van der Waals surface area contributed by atoms with Gasteiger partial charge in [0.15, 0.2) is 5.65 Å². The molecule has 2 aliphatic heterocycles. The topological polar surface area (TPSA) is 49.6 Å². The molecule has 128 valence electrons. The van der Waals surface area contributed by atoms with E-state index >= 15 is 0 Å². The van der Waals surface area contributed by atoms with Crippen LogP contribution >= 0.6 is 23.2 Å². The number of hydrogen-bond donors (Lipinski definition) is 1. The van der Waals surface area contributed by atoms with Gasteiger partial charge in [0, 0.05) is 25.5 Å². The number of fused-ring (bicyclic) bond motifs is 2. The van der Waals surface area contributed by atoms with Gasteiger partial charge < -0.3 is 14.6 Å². The average Bonchev–Trinajstić information content (AvgIpc) is 3.09. The minimum atomic E-state index is 0.147. The molecule has 0 spiro atoms. The first-order chi connectivity index (χ1) is 11.6. The second-order valence-electron chi connectivity index (χ2n) is 6.78. The largest absolute Gasteiger partial charge is 0.342 e. The Hall–Kier alpha value is -1.30. The number of carbonyl (C=O) groups excluding carboxylic acids is 1. The summed E-state index contributed by atoms with van der Waals surface area (Å²) >= 11 is 12.2. The lowest BCUT2D eigenvalue weighted by Crippen LogP contribution is -2.34. The highest BCUT2D eigenvalue weighted by Crippen LogP contribution is 2.27. The molecule has 2 aromatic heterocycles. The first kappa shape index (κ1) is 16.2. The number of carbonyl (C=O) groups is 1. The van der Waals surface area contributed by atoms with Crippen molar-refractivity contribution in [1.82, 2.24) is 19.6 Å². The van der Waals surface area contributed by atoms with Crippen LogP contribution < -0.4 is 5.32 Å². The Kier molecular flexibility index (Phi) is 4.41. The highest BCUT2D eigenvalue weighted by molar-refractivity contribution is 6.36. The van der Waals surface area contributed by atoms with Gasteiger partial charge in [0.1, 0.15) is 0 Å². The molecule has 2 aliphatic rings. The number of nitrogens with one attached hydrogen (secondary N) is 1. The molecule has 0 unspecified atom stereocenters. The van der Waals surface area contributed by atoms with Crippen LogP contribution in [0.5, 0.6) is 0 Å². The maximum absolute atomic E-state index is 12.7. The SMILES string of the molecule is O=C(Cc1cn2cc(Cl)cc(Cl)c2n1)N1CC[C@@H]2CNC[C@@H]2CC1. The predicted molar refractivity (Wildman–Crippen MR) is 94.6 cm³/mol. The molecule has 1 amide bonds. The number of amides is 1. The summed E-state index contributed by atoms with van der Waals surface area (Å²) in [6, 6.07) is 1.67. The Labute approximate surface area is 150 Å². The summed E-state index contributed by atoms with van der Waals surface area (Å²) in [6.45, 7) is 3.89. The van der Waals surface area contributed by atoms with Gasteiger partial charge in [0.2, 0.25) is 5.91 Å². The standard InChI is InChI=1S/C17H20Cl2N4O/c18-13-5-15(19)17-21-14(10-23(17)9-13)6-16(24)22-3-1-11-7-20-8-12(11)2-4-22/h5,9-12,20H,1-4,6-8H2/t11-,12+. The van der Waals surface area contributed by atoms with E-state index in [1.807, 2.05) is 11.1 Å². The van der Waals surface area contributed by atoms with Crippen molar-refractivity contribution in [3.8, 4) is 0 Å². The highest BCUT2D eigenvalue weighted by Gasteiger charge is 2.31. The second-order valence-corrected chi connectivity index (χ2v) is 7.63. The van der Waals surface area contributed by atoms with Gasteiger partial charge in [-0.05, 0) is 43.8 Å². The molecular weight excluding hydrogens is 347 g/mol. The van der Waals surface area contributed by atoms with Crippen molar-refractivity contribution in [3.63, 3.8) is 0 Å². The first-order valence-corrected chi connectivity index (χ1v) is 9.17. The van der Waals surface area contributed by atoms with Crippen molar-refractivity contribution in [2.24, 2.45) is 11.8 Å². The third-order valence-corrected chi connectivity index (χ3v) is 5.71. The molecule has 2 atom stereocenters. The van der Waals surface area contributed by atoms with Gasteiger partial charge in [-0.3, -0.25) is 4.79 Å². The molecule has 0 aromatic carbocycles. The van der Waals surface area contributed by atoms with E-state index in [2.05, 4.69) is 10.3 Å². The maximum atomic E-state index is 12.7. The number of halogens is 2. The minimum absolute atomic E-state index is 0.147. The molecule has 4 rings (SSSR count). The maximum Gasteiger partial charge on any atom is 0.228 e. The number of hydrogen-bond acceptors (Lipinski definition) is 3. The third kappa shape index (κ3) is 3.13. The van der Waals surface area contributed by atoms with Crippen LogP contribution in [0.4, 0.5) is 0 Å². The lowest BCUT2D eigenvalue weighted by Gasteiger charge is -2.20. The third-order valence-electron chi connectivity index (χ3n) is 5.23. The molecular formula is C17H20Cl2N4O. The molecule has 7 heteroatoms. The Morgan fingerprint density at radius 1 is 1.21 bits per heavy atom. The number of nitrogens with zero attached hydrogens (tertiary/aromatic N) is 3. The smallest absolute Gasteiger partial charge is 0.228 e. The van der Waals surface area contributed by atoms with E-state index in [4.69, 9.17) is 23.2 Å². The molecule has 2 fully saturated rings. The van der Waals surface area contributed by atoms with E-state index in [0.717, 1.165) is 56.6 Å². The molecule has 2 aromatic rings. The fourth-order valence-corrected chi connectivity index (χ4v) is 4.42. The fourth-order valence-electron chi connectivity index (χ4n) is 3.89. The summed E-state index contributed by atoms with van der Waals surface area (Å²) in [6.07, 6.45) is 6.08. The summed E-state index contributed by atoms with van der Waals surface area (Å²) < 4.78 is 1.78. The van der Waals surface area contributed by atoms with Crippen LogP contribution in [0.2, 0.25) is 10.0 Å². The fraction of sp³-hybridized carbons (Fsp3) is 0.529. The Morgan fingerprint density at radius 2 is 1.92 bits per heavy atom. The normalized spacial score (nSPS) is 24.2. The first-order valence-electron chi connectivity index (χ1n) is 8.41. The predicted octanol–water partition coefficient (Wildman–Crippen LogP) is 2.64. The Balaban J connectivity index is 1.47. The second kappa shape index (κ2) is 6.54. The number of aromatic nitrogens is 2. The van der Waals surface area contributed by atoms with Crippen LogP contribution in [0.3, 0.4) is 0 Å². The van der Waals surface area contributed by atoms with Gasteiger partial charge in [0.25, 0.3) is 0 Å². The van der Waals surface area contributed by atoms with Crippen LogP contribution in [-0.2, 0) is 11.2 Å². The summed E-state index contributed by atoms with van der Waals surface area (Å²) in [5.41, 5.74) is 1.37. The van der Waals surface area contributed by atoms with Crippen LogP contribution in [0.25, 0.3) is 5.65 Å². The molecule has 0 saturated carbocycles. The zero-order valence-electron chi connectivity index (χ0n) is 13.3. The lowest BCUT2D eigenvalue weighted by molar-refractivity contribution is -0.130. The summed E-state index contributed by atoms with van der Waals surface area (Å²) in [5.74, 6) is 1.59. The van der Waals surface area contributed by atoms with Crippen molar-refractivity contribution >= 4 is 34.8 Å². The average molecular weight is 367 g/mol. The number of likely N-dealkylation sites (tertiary alicyclic amines) is 1. The van der Waals surface area contributed by atoms with Crippen LogP contribution in [-0.4, -0.2) is 46.4 Å². The van der Waals surface area contributed by atoms with Crippen molar-refractivity contribution in [2.75, 3.05) is 26.2 Å². The van der Waals surface area contributed by atoms with Crippen molar-refractivity contribution < 1.29 is 4.79 Å². The van der Waals surface area contributed by atoms with E-state index in [1.54, 1.807) is 16.7 Å². The number of rotatable bonds is 2. The van der Waals surface area contributed by atoms with E-state index in [1.165, 1.54) is 0 Å². The van der Waals surface area contributed by atoms with Crippen molar-refractivity contribution in [1.29, 1.82) is 0 Å². The van der Waals surface area contributed by atoms with Crippen molar-refractivity contribution in [3.05, 3.63) is 34.2 Å². The van der Waals surface area contributed by atoms with Crippen LogP contribution in [0.15, 0.2) is 18.5 Å². The van der Waals surface area contributed by atoms with Gasteiger partial charge in [-0.15, -0.1) is 0 Å². The number of pyridine rings is 1. The van der Waals surface area contributed by atoms with Gasteiger partial charge in [-0.25, -0.2) is 4.98 Å². The zero-order valence-corrected chi connectivity index (χ0v) is 14.9. The lowest BCUT2D eigenvalue weighted by atomic mass is 9.92. The minimum Gasteiger partial charge on any atom is -0.342 e. The molecule has 1 N–H and O–H groups in total. The molecule has 4 heterocycles. The van der Waals surface area contributed by atoms with Crippen LogP contribution in [0.1, 0.15) is 18.5 Å². The molecule has 0 bridgehead atoms. The van der Waals surface area contributed by atoms with Crippen LogP contribution in [0, 0.1) is 11.8 Å². The van der Waals surface area contributed by atoms with E-state index in [0.29, 0.717) is 22.1 Å². The van der Waals surface area contributed by atoms with Gasteiger partial charge in [0.05, 0.1) is 22.2 Å². The zero-order chi connectivity index (χ0) is 16.7. The van der Waals surface area contributed by atoms with E-state index in [9.17, 15) is 4.79 Å². The molecule has 5 nitrogen and oxygen atoms in total. The summed E-state index contributed by atoms with van der Waals surface area (Å²) in [4.78, 5) is 19.2.